The van der Waals surface area contributed by atoms with Crippen LogP contribution in [-0.2, 0) is 19.6 Å². The Hall–Kier alpha value is -3.98. The lowest BCUT2D eigenvalue weighted by molar-refractivity contribution is -0.117. The van der Waals surface area contributed by atoms with Crippen LogP contribution in [0.5, 0.6) is 0 Å². The van der Waals surface area contributed by atoms with Crippen LogP contribution < -0.4 is 14.9 Å². The van der Waals surface area contributed by atoms with Crippen LogP contribution in [0.15, 0.2) is 66.7 Å². The van der Waals surface area contributed by atoms with Crippen LogP contribution in [0.1, 0.15) is 117 Å². The standard InChI is InChI=1S/C40H54N4O4S/c1-4-5-6-7-8-9-10-11-12-13-14-15-16-17-18-23-39(46)44(49(3,47)48)34-27-24-32(25-28-34)42-40-35-21-19-20-22-37(35)43-38-30-33(41-31(2)45)26-29-36(38)40/h19-22,24-30H,4-18,23H2,1-3H3,(H,41,45)(H,42,43). The Morgan fingerprint density at radius 2 is 1.20 bits per heavy atom. The molecule has 49 heavy (non-hydrogen) atoms. The van der Waals surface area contributed by atoms with E-state index in [4.69, 9.17) is 4.98 Å². The smallest absolute Gasteiger partial charge is 0.240 e. The lowest BCUT2D eigenvalue weighted by Gasteiger charge is -2.21. The van der Waals surface area contributed by atoms with E-state index in [9.17, 15) is 18.0 Å². The molecule has 0 fully saturated rings. The number of anilines is 4. The number of carbonyl (C=O) groups excluding carboxylic acids is 2. The topological polar surface area (TPSA) is 108 Å². The summed E-state index contributed by atoms with van der Waals surface area (Å²) in [7, 11) is -3.80. The molecule has 3 aromatic carbocycles. The molecule has 0 aliphatic rings. The molecule has 2 amide bonds. The number of para-hydroxylation sites is 1. The van der Waals surface area contributed by atoms with E-state index in [1.54, 1.807) is 24.3 Å². The molecule has 4 rings (SSSR count). The first-order valence-electron chi connectivity index (χ1n) is 18.2. The van der Waals surface area contributed by atoms with E-state index >= 15 is 0 Å². The highest BCUT2D eigenvalue weighted by atomic mass is 32.2. The molecule has 9 heteroatoms. The molecule has 8 nitrogen and oxygen atoms in total. The molecule has 0 spiro atoms. The molecule has 2 N–H and O–H groups in total. The number of rotatable bonds is 21. The molecule has 264 valence electrons. The summed E-state index contributed by atoms with van der Waals surface area (Å²) >= 11 is 0. The van der Waals surface area contributed by atoms with Gasteiger partial charge in [-0.15, -0.1) is 0 Å². The molecule has 1 heterocycles. The SMILES string of the molecule is CCCCCCCCCCCCCCCCCC(=O)N(c1ccc(Nc2c3ccccc3nc3cc(NC(C)=O)ccc23)cc1)S(C)(=O)=O. The maximum absolute atomic E-state index is 13.2. The molecule has 0 aliphatic carbocycles. The van der Waals surface area contributed by atoms with E-state index in [0.29, 0.717) is 17.8 Å². The zero-order chi connectivity index (χ0) is 35.1. The summed E-state index contributed by atoms with van der Waals surface area (Å²) in [6.45, 7) is 3.72. The second-order valence-corrected chi connectivity index (χ2v) is 15.0. The van der Waals surface area contributed by atoms with E-state index in [-0.39, 0.29) is 12.3 Å². The Morgan fingerprint density at radius 3 is 1.78 bits per heavy atom. The van der Waals surface area contributed by atoms with Crippen molar-refractivity contribution in [3.05, 3.63) is 66.7 Å². The third kappa shape index (κ3) is 11.8. The van der Waals surface area contributed by atoms with Crippen molar-refractivity contribution in [2.75, 3.05) is 21.2 Å². The first kappa shape index (κ1) is 37.8. The van der Waals surface area contributed by atoms with Gasteiger partial charge >= 0.3 is 0 Å². The van der Waals surface area contributed by atoms with Crippen LogP contribution >= 0.6 is 0 Å². The van der Waals surface area contributed by atoms with Crippen molar-refractivity contribution in [2.45, 2.75) is 117 Å². The van der Waals surface area contributed by atoms with Gasteiger partial charge in [-0.3, -0.25) is 9.59 Å². The molecule has 4 aromatic rings. The normalized spacial score (nSPS) is 11.6. The van der Waals surface area contributed by atoms with Crippen molar-refractivity contribution in [1.82, 2.24) is 4.98 Å². The van der Waals surface area contributed by atoms with E-state index < -0.39 is 15.9 Å². The van der Waals surface area contributed by atoms with Gasteiger partial charge in [-0.25, -0.2) is 17.7 Å². The predicted octanol–water partition coefficient (Wildman–Crippen LogP) is 10.6. The Kier molecular flexibility index (Phi) is 14.9. The van der Waals surface area contributed by atoms with E-state index in [1.165, 1.54) is 77.6 Å². The first-order valence-corrected chi connectivity index (χ1v) is 20.0. The lowest BCUT2D eigenvalue weighted by atomic mass is 10.0. The average molecular weight is 687 g/mol. The van der Waals surface area contributed by atoms with Crippen LogP contribution in [0.25, 0.3) is 21.8 Å². The predicted molar refractivity (Wildman–Crippen MR) is 205 cm³/mol. The van der Waals surface area contributed by atoms with Crippen molar-refractivity contribution in [2.24, 2.45) is 0 Å². The zero-order valence-electron chi connectivity index (χ0n) is 29.6. The number of unbranched alkanes of at least 4 members (excludes halogenated alkanes) is 14. The summed E-state index contributed by atoms with van der Waals surface area (Å²) in [4.78, 5) is 29.6. The first-order chi connectivity index (χ1) is 23.7. The number of carbonyl (C=O) groups is 2. The number of hydrogen-bond donors (Lipinski definition) is 2. The highest BCUT2D eigenvalue weighted by molar-refractivity contribution is 7.92. The number of amides is 2. The Labute approximate surface area is 293 Å². The monoisotopic (exact) mass is 686 g/mol. The number of pyridine rings is 1. The molecule has 0 saturated carbocycles. The van der Waals surface area contributed by atoms with Crippen molar-refractivity contribution in [1.29, 1.82) is 0 Å². The van der Waals surface area contributed by atoms with Crippen molar-refractivity contribution in [3.8, 4) is 0 Å². The minimum Gasteiger partial charge on any atom is -0.354 e. The van der Waals surface area contributed by atoms with Crippen molar-refractivity contribution >= 4 is 66.4 Å². The number of aromatic nitrogens is 1. The number of hydrogen-bond acceptors (Lipinski definition) is 6. The minimum absolute atomic E-state index is 0.157. The summed E-state index contributed by atoms with van der Waals surface area (Å²) in [5.41, 5.74) is 4.07. The Bertz CT molecular complexity index is 1770. The number of benzene rings is 3. The molecular formula is C40H54N4O4S. The summed E-state index contributed by atoms with van der Waals surface area (Å²) < 4.78 is 26.4. The summed E-state index contributed by atoms with van der Waals surface area (Å²) in [5, 5.41) is 8.09. The van der Waals surface area contributed by atoms with E-state index in [1.807, 2.05) is 42.5 Å². The van der Waals surface area contributed by atoms with E-state index in [0.717, 1.165) is 63.0 Å². The lowest BCUT2D eigenvalue weighted by Crippen LogP contribution is -2.36. The highest BCUT2D eigenvalue weighted by Gasteiger charge is 2.25. The second-order valence-electron chi connectivity index (χ2n) is 13.2. The van der Waals surface area contributed by atoms with Crippen LogP contribution in [0, 0.1) is 0 Å². The van der Waals surface area contributed by atoms with Gasteiger partial charge in [0.2, 0.25) is 21.8 Å². The number of nitrogens with one attached hydrogen (secondary N) is 2. The fourth-order valence-corrected chi connectivity index (χ4v) is 7.37. The van der Waals surface area contributed by atoms with Crippen molar-refractivity contribution in [3.63, 3.8) is 0 Å². The van der Waals surface area contributed by atoms with Crippen LogP contribution in [-0.4, -0.2) is 31.5 Å². The van der Waals surface area contributed by atoms with Gasteiger partial charge in [-0.05, 0) is 55.0 Å². The summed E-state index contributed by atoms with van der Waals surface area (Å²) in [5.74, 6) is -0.561. The maximum atomic E-state index is 13.2. The Morgan fingerprint density at radius 1 is 0.673 bits per heavy atom. The van der Waals surface area contributed by atoms with Gasteiger partial charge in [-0.2, -0.15) is 0 Å². The molecule has 0 unspecified atom stereocenters. The van der Waals surface area contributed by atoms with Crippen LogP contribution in [0.2, 0.25) is 0 Å². The molecule has 1 aromatic heterocycles. The van der Waals surface area contributed by atoms with Gasteiger partial charge in [0.05, 0.1) is 28.7 Å². The molecule has 0 atom stereocenters. The molecule has 0 saturated heterocycles. The quantitative estimate of drug-likeness (QED) is 0.0667. The number of sulfonamides is 1. The minimum atomic E-state index is -3.80. The maximum Gasteiger partial charge on any atom is 0.240 e. The zero-order valence-corrected chi connectivity index (χ0v) is 30.4. The third-order valence-corrected chi connectivity index (χ3v) is 10.0. The molecule has 0 radical (unpaired) electrons. The van der Waals surface area contributed by atoms with Crippen LogP contribution in [0.4, 0.5) is 22.7 Å². The second kappa shape index (κ2) is 19.3. The third-order valence-electron chi connectivity index (χ3n) is 8.93. The van der Waals surface area contributed by atoms with Crippen LogP contribution in [0.3, 0.4) is 0 Å². The van der Waals surface area contributed by atoms with Gasteiger partial charge in [0.1, 0.15) is 0 Å². The van der Waals surface area contributed by atoms with Gasteiger partial charge in [0.25, 0.3) is 0 Å². The molecule has 0 aliphatic heterocycles. The summed E-state index contributed by atoms with van der Waals surface area (Å²) in [6, 6.07) is 20.3. The highest BCUT2D eigenvalue weighted by Crippen LogP contribution is 2.35. The van der Waals surface area contributed by atoms with Gasteiger partial charge < -0.3 is 10.6 Å². The molecular weight excluding hydrogens is 633 g/mol. The Balaban J connectivity index is 1.29. The van der Waals surface area contributed by atoms with Gasteiger partial charge in [-0.1, -0.05) is 115 Å². The average Bonchev–Trinajstić information content (AvgIpc) is 3.06. The van der Waals surface area contributed by atoms with Gasteiger partial charge in [0.15, 0.2) is 0 Å². The van der Waals surface area contributed by atoms with Crippen molar-refractivity contribution < 1.29 is 18.0 Å². The molecule has 0 bridgehead atoms. The van der Waals surface area contributed by atoms with E-state index in [2.05, 4.69) is 17.6 Å². The number of nitrogens with zero attached hydrogens (tertiary/aromatic N) is 2. The summed E-state index contributed by atoms with van der Waals surface area (Å²) in [6.07, 6.45) is 19.8. The number of fused-ring (bicyclic) bond motifs is 2. The van der Waals surface area contributed by atoms with Gasteiger partial charge in [0, 0.05) is 35.5 Å². The largest absolute Gasteiger partial charge is 0.354 e. The fraction of sp³-hybridized carbons (Fsp3) is 0.475. The fourth-order valence-electron chi connectivity index (χ4n) is 6.40.